The predicted molar refractivity (Wildman–Crippen MR) is 56.1 cm³/mol. The Labute approximate surface area is 76.4 Å². The zero-order chi connectivity index (χ0) is 8.85. The molecule has 66 valence electrons. The summed E-state index contributed by atoms with van der Waals surface area (Å²) in [6.45, 7) is 8.90. The van der Waals surface area contributed by atoms with E-state index >= 15 is 0 Å². The lowest BCUT2D eigenvalue weighted by Crippen LogP contribution is -2.05. The Bertz CT molecular complexity index is 118. The molecule has 1 heteroatoms. The summed E-state index contributed by atoms with van der Waals surface area (Å²) in [7, 11) is 0. The van der Waals surface area contributed by atoms with Crippen molar-refractivity contribution in [3.8, 4) is 0 Å². The van der Waals surface area contributed by atoms with E-state index < -0.39 is 0 Å². The monoisotopic (exact) mass is 172 g/mol. The first-order valence-electron chi connectivity index (χ1n) is 4.55. The summed E-state index contributed by atoms with van der Waals surface area (Å²) in [5, 5.41) is 0. The minimum Gasteiger partial charge on any atom is -0.0900 e. The van der Waals surface area contributed by atoms with Gasteiger partial charge in [0.2, 0.25) is 0 Å². The summed E-state index contributed by atoms with van der Waals surface area (Å²) in [4.78, 5) is 1.15. The number of hydrogen-bond acceptors (Lipinski definition) is 1. The van der Waals surface area contributed by atoms with Gasteiger partial charge < -0.3 is 0 Å². The molecule has 0 aromatic carbocycles. The first-order chi connectivity index (χ1) is 5.06. The lowest BCUT2D eigenvalue weighted by Gasteiger charge is -2.14. The number of hydrogen-bond donors (Lipinski definition) is 0. The molecule has 2 atom stereocenters. The highest BCUT2D eigenvalue weighted by atomic mass is 32.1. The molecular weight excluding hydrogens is 152 g/mol. The van der Waals surface area contributed by atoms with Crippen LogP contribution in [0.2, 0.25) is 0 Å². The quantitative estimate of drug-likeness (QED) is 0.568. The lowest BCUT2D eigenvalue weighted by atomic mass is 9.92. The van der Waals surface area contributed by atoms with Gasteiger partial charge in [0.25, 0.3) is 0 Å². The van der Waals surface area contributed by atoms with E-state index in [1.807, 2.05) is 6.92 Å². The second-order valence-electron chi connectivity index (χ2n) is 3.76. The first-order valence-corrected chi connectivity index (χ1v) is 4.96. The Morgan fingerprint density at radius 1 is 1.27 bits per heavy atom. The van der Waals surface area contributed by atoms with E-state index in [1.54, 1.807) is 0 Å². The molecule has 0 aliphatic carbocycles. The van der Waals surface area contributed by atoms with Crippen molar-refractivity contribution in [1.82, 2.24) is 0 Å². The minimum atomic E-state index is 0.780. The first kappa shape index (κ1) is 11.1. The second-order valence-corrected chi connectivity index (χ2v) is 4.46. The third-order valence-electron chi connectivity index (χ3n) is 2.14. The smallest absolute Gasteiger partial charge is 0.00998 e. The summed E-state index contributed by atoms with van der Waals surface area (Å²) in [5.74, 6) is 1.64. The molecule has 0 aliphatic heterocycles. The summed E-state index contributed by atoms with van der Waals surface area (Å²) in [6.07, 6.45) is 3.74. The molecule has 2 unspecified atom stereocenters. The highest BCUT2D eigenvalue weighted by molar-refractivity contribution is 7.80. The van der Waals surface area contributed by atoms with Gasteiger partial charge in [-0.3, -0.25) is 0 Å². The fraction of sp³-hybridized carbons (Fsp3) is 0.900. The van der Waals surface area contributed by atoms with Crippen LogP contribution in [-0.4, -0.2) is 4.86 Å². The lowest BCUT2D eigenvalue weighted by molar-refractivity contribution is 0.415. The molecule has 0 bridgehead atoms. The minimum absolute atomic E-state index is 0.780. The van der Waals surface area contributed by atoms with Crippen LogP contribution in [0.4, 0.5) is 0 Å². The highest BCUT2D eigenvalue weighted by Crippen LogP contribution is 2.17. The Hall–Kier alpha value is 0.0900. The van der Waals surface area contributed by atoms with Gasteiger partial charge >= 0.3 is 0 Å². The summed E-state index contributed by atoms with van der Waals surface area (Å²) < 4.78 is 0. The molecule has 0 nitrogen and oxygen atoms in total. The van der Waals surface area contributed by atoms with Crippen LogP contribution in [0.5, 0.6) is 0 Å². The second kappa shape index (κ2) is 5.70. The van der Waals surface area contributed by atoms with Gasteiger partial charge in [0.15, 0.2) is 0 Å². The maximum atomic E-state index is 5.06. The molecule has 0 fully saturated rings. The highest BCUT2D eigenvalue weighted by Gasteiger charge is 2.07. The van der Waals surface area contributed by atoms with E-state index in [2.05, 4.69) is 20.8 Å². The maximum Gasteiger partial charge on any atom is -0.00998 e. The predicted octanol–water partition coefficient (Wildman–Crippen LogP) is 3.84. The van der Waals surface area contributed by atoms with Gasteiger partial charge in [0.05, 0.1) is 0 Å². The van der Waals surface area contributed by atoms with E-state index in [4.69, 9.17) is 12.2 Å². The van der Waals surface area contributed by atoms with Crippen LogP contribution in [0.3, 0.4) is 0 Å². The topological polar surface area (TPSA) is 0 Å². The molecule has 0 N–H and O–H groups in total. The van der Waals surface area contributed by atoms with Crippen LogP contribution in [-0.2, 0) is 0 Å². The van der Waals surface area contributed by atoms with Crippen molar-refractivity contribution in [3.05, 3.63) is 0 Å². The van der Waals surface area contributed by atoms with Crippen molar-refractivity contribution in [1.29, 1.82) is 0 Å². The molecule has 0 spiro atoms. The summed E-state index contributed by atoms with van der Waals surface area (Å²) in [6, 6.07) is 0. The summed E-state index contributed by atoms with van der Waals surface area (Å²) in [5.41, 5.74) is 0. The van der Waals surface area contributed by atoms with Crippen LogP contribution in [0, 0.1) is 11.8 Å². The molecule has 0 aromatic heterocycles. The van der Waals surface area contributed by atoms with Gasteiger partial charge in [-0.1, -0.05) is 39.4 Å². The molecule has 0 radical (unpaired) electrons. The SMILES string of the molecule is CCC(C)CC(C)CC(C)=S. The number of thiocarbonyl (C=S) groups is 1. The largest absolute Gasteiger partial charge is 0.0900 e. The van der Waals surface area contributed by atoms with Crippen molar-refractivity contribution < 1.29 is 0 Å². The Morgan fingerprint density at radius 2 is 1.82 bits per heavy atom. The van der Waals surface area contributed by atoms with Crippen molar-refractivity contribution in [2.75, 3.05) is 0 Å². The molecular formula is C10H20S. The van der Waals surface area contributed by atoms with Gasteiger partial charge in [-0.25, -0.2) is 0 Å². The van der Waals surface area contributed by atoms with Crippen LogP contribution in [0.15, 0.2) is 0 Å². The number of rotatable bonds is 5. The van der Waals surface area contributed by atoms with E-state index in [0.29, 0.717) is 0 Å². The van der Waals surface area contributed by atoms with Gasteiger partial charge in [0, 0.05) is 0 Å². The zero-order valence-electron chi connectivity index (χ0n) is 8.18. The molecule has 11 heavy (non-hydrogen) atoms. The third-order valence-corrected chi connectivity index (χ3v) is 2.30. The average molecular weight is 172 g/mol. The van der Waals surface area contributed by atoms with Crippen molar-refractivity contribution in [2.24, 2.45) is 11.8 Å². The zero-order valence-corrected chi connectivity index (χ0v) is 9.00. The molecule has 0 saturated heterocycles. The Kier molecular flexibility index (Phi) is 5.75. The molecule has 0 aliphatic rings. The average Bonchev–Trinajstić information content (AvgIpc) is 1.85. The standard InChI is InChI=1S/C10H20S/c1-5-8(2)6-9(3)7-10(4)11/h8-9H,5-7H2,1-4H3. The fourth-order valence-electron chi connectivity index (χ4n) is 1.43. The fourth-order valence-corrected chi connectivity index (χ4v) is 1.71. The van der Waals surface area contributed by atoms with Gasteiger partial charge in [0.1, 0.15) is 0 Å². The Morgan fingerprint density at radius 3 is 2.18 bits per heavy atom. The molecule has 0 amide bonds. The molecule has 0 aromatic rings. The normalized spacial score (nSPS) is 16.0. The van der Waals surface area contributed by atoms with E-state index in [-0.39, 0.29) is 0 Å². The van der Waals surface area contributed by atoms with Crippen molar-refractivity contribution in [2.45, 2.75) is 47.0 Å². The van der Waals surface area contributed by atoms with Crippen LogP contribution < -0.4 is 0 Å². The molecule has 0 rings (SSSR count). The van der Waals surface area contributed by atoms with Crippen LogP contribution >= 0.6 is 12.2 Å². The van der Waals surface area contributed by atoms with Gasteiger partial charge in [-0.15, -0.1) is 0 Å². The molecule has 0 heterocycles. The van der Waals surface area contributed by atoms with Crippen molar-refractivity contribution in [3.63, 3.8) is 0 Å². The third kappa shape index (κ3) is 6.49. The molecule has 0 saturated carbocycles. The maximum absolute atomic E-state index is 5.06. The van der Waals surface area contributed by atoms with E-state index in [0.717, 1.165) is 23.1 Å². The summed E-state index contributed by atoms with van der Waals surface area (Å²) >= 11 is 5.06. The van der Waals surface area contributed by atoms with E-state index in [1.165, 1.54) is 12.8 Å². The van der Waals surface area contributed by atoms with E-state index in [9.17, 15) is 0 Å². The van der Waals surface area contributed by atoms with Gasteiger partial charge in [-0.05, 0) is 36.5 Å². The van der Waals surface area contributed by atoms with Crippen LogP contribution in [0.25, 0.3) is 0 Å². The van der Waals surface area contributed by atoms with Crippen molar-refractivity contribution >= 4 is 17.1 Å². The Balaban J connectivity index is 3.51. The van der Waals surface area contributed by atoms with Crippen LogP contribution in [0.1, 0.15) is 47.0 Å². The van der Waals surface area contributed by atoms with Gasteiger partial charge in [-0.2, -0.15) is 0 Å².